The summed E-state index contributed by atoms with van der Waals surface area (Å²) in [4.78, 5) is 4.11. The molecule has 0 amide bonds. The van der Waals surface area contributed by atoms with Gasteiger partial charge in [0.05, 0.1) is 13.3 Å². The molecular weight excluding hydrogens is 220 g/mol. The number of ether oxygens (including phenoxy) is 1. The summed E-state index contributed by atoms with van der Waals surface area (Å²) < 4.78 is 6.64. The molecule has 2 aromatic heterocycles. The third kappa shape index (κ3) is 1.94. The molecule has 17 heavy (non-hydrogen) atoms. The highest BCUT2D eigenvalue weighted by molar-refractivity contribution is 5.45. The fraction of sp³-hybridized carbons (Fsp3) is 0.273. The number of aliphatic hydroxyl groups excluding tert-OH is 1. The van der Waals surface area contributed by atoms with Gasteiger partial charge in [-0.15, -0.1) is 0 Å². The Labute approximate surface area is 98.7 Å². The van der Waals surface area contributed by atoms with Crippen molar-refractivity contribution in [3.63, 3.8) is 0 Å². The van der Waals surface area contributed by atoms with Crippen LogP contribution in [0.2, 0.25) is 0 Å². The summed E-state index contributed by atoms with van der Waals surface area (Å²) in [6.45, 7) is 0. The Morgan fingerprint density at radius 1 is 1.53 bits per heavy atom. The molecular formula is C11H14N4O2. The van der Waals surface area contributed by atoms with Crippen molar-refractivity contribution in [2.24, 2.45) is 7.05 Å². The van der Waals surface area contributed by atoms with Gasteiger partial charge in [-0.2, -0.15) is 5.10 Å². The van der Waals surface area contributed by atoms with Crippen LogP contribution in [0.1, 0.15) is 17.4 Å². The van der Waals surface area contributed by atoms with Gasteiger partial charge in [0.1, 0.15) is 23.4 Å². The molecule has 0 fully saturated rings. The second-order valence-corrected chi connectivity index (χ2v) is 3.60. The molecule has 0 saturated carbocycles. The van der Waals surface area contributed by atoms with E-state index in [-0.39, 0.29) is 0 Å². The van der Waals surface area contributed by atoms with E-state index in [0.717, 1.165) is 0 Å². The van der Waals surface area contributed by atoms with Gasteiger partial charge in [-0.25, -0.2) is 0 Å². The largest absolute Gasteiger partial charge is 0.495 e. The lowest BCUT2D eigenvalue weighted by Gasteiger charge is -2.12. The Morgan fingerprint density at radius 2 is 2.29 bits per heavy atom. The molecule has 0 bridgehead atoms. The van der Waals surface area contributed by atoms with E-state index in [1.54, 1.807) is 25.4 Å². The van der Waals surface area contributed by atoms with Gasteiger partial charge in [0, 0.05) is 18.8 Å². The maximum Gasteiger partial charge on any atom is 0.143 e. The van der Waals surface area contributed by atoms with E-state index in [0.29, 0.717) is 22.8 Å². The van der Waals surface area contributed by atoms with Crippen molar-refractivity contribution in [2.45, 2.75) is 6.10 Å². The number of anilines is 1. The van der Waals surface area contributed by atoms with Crippen LogP contribution in [0.15, 0.2) is 24.5 Å². The number of aromatic nitrogens is 3. The van der Waals surface area contributed by atoms with Crippen molar-refractivity contribution >= 4 is 5.82 Å². The van der Waals surface area contributed by atoms with E-state index in [9.17, 15) is 5.11 Å². The van der Waals surface area contributed by atoms with Crippen LogP contribution >= 0.6 is 0 Å². The average molecular weight is 234 g/mol. The average Bonchev–Trinajstić information content (AvgIpc) is 2.69. The van der Waals surface area contributed by atoms with Crippen LogP contribution < -0.4 is 10.5 Å². The van der Waals surface area contributed by atoms with Gasteiger partial charge in [0.25, 0.3) is 0 Å². The normalized spacial score (nSPS) is 12.4. The number of aryl methyl sites for hydroxylation is 1. The number of hydrogen-bond donors (Lipinski definition) is 2. The summed E-state index contributed by atoms with van der Waals surface area (Å²) in [5.74, 6) is 0.924. The summed E-state index contributed by atoms with van der Waals surface area (Å²) in [5.41, 5.74) is 6.75. The molecule has 0 aliphatic carbocycles. The Kier molecular flexibility index (Phi) is 2.97. The van der Waals surface area contributed by atoms with E-state index in [1.807, 2.05) is 0 Å². The van der Waals surface area contributed by atoms with Crippen molar-refractivity contribution in [2.75, 3.05) is 12.8 Å². The van der Waals surface area contributed by atoms with E-state index in [2.05, 4.69) is 10.1 Å². The number of nitrogens with two attached hydrogens (primary N) is 1. The molecule has 0 saturated heterocycles. The van der Waals surface area contributed by atoms with Crippen molar-refractivity contribution in [1.29, 1.82) is 0 Å². The maximum atomic E-state index is 10.2. The number of aliphatic hydroxyl groups is 1. The molecule has 0 aliphatic heterocycles. The zero-order chi connectivity index (χ0) is 12.4. The van der Waals surface area contributed by atoms with Crippen molar-refractivity contribution in [3.8, 4) is 5.75 Å². The number of nitrogen functional groups attached to an aromatic ring is 1. The van der Waals surface area contributed by atoms with Crippen LogP contribution in [-0.4, -0.2) is 27.0 Å². The van der Waals surface area contributed by atoms with Crippen molar-refractivity contribution < 1.29 is 9.84 Å². The van der Waals surface area contributed by atoms with E-state index >= 15 is 0 Å². The number of rotatable bonds is 3. The lowest BCUT2D eigenvalue weighted by atomic mass is 10.1. The SMILES string of the molecule is COc1cccnc1C(O)c1cnn(C)c1N. The molecule has 6 nitrogen and oxygen atoms in total. The van der Waals surface area contributed by atoms with E-state index in [4.69, 9.17) is 10.5 Å². The smallest absolute Gasteiger partial charge is 0.143 e. The standard InChI is InChI=1S/C11H14N4O2/c1-15-11(12)7(6-14-15)10(16)9-8(17-2)4-3-5-13-9/h3-6,10,16H,12H2,1-2H3. The van der Waals surface area contributed by atoms with Crippen LogP contribution in [0.4, 0.5) is 5.82 Å². The second kappa shape index (κ2) is 4.42. The van der Waals surface area contributed by atoms with Gasteiger partial charge in [0.15, 0.2) is 0 Å². The summed E-state index contributed by atoms with van der Waals surface area (Å²) in [6.07, 6.45) is 2.17. The molecule has 0 aliphatic rings. The van der Waals surface area contributed by atoms with Crippen LogP contribution in [0.5, 0.6) is 5.75 Å². The topological polar surface area (TPSA) is 86.2 Å². The van der Waals surface area contributed by atoms with E-state index in [1.165, 1.54) is 18.0 Å². The minimum atomic E-state index is -0.945. The molecule has 2 rings (SSSR count). The molecule has 0 radical (unpaired) electrons. The lowest BCUT2D eigenvalue weighted by Crippen LogP contribution is -2.07. The summed E-state index contributed by atoms with van der Waals surface area (Å²) >= 11 is 0. The fourth-order valence-electron chi connectivity index (χ4n) is 1.60. The first-order valence-electron chi connectivity index (χ1n) is 5.09. The maximum absolute atomic E-state index is 10.2. The molecule has 90 valence electrons. The molecule has 1 atom stereocenters. The number of hydrogen-bond acceptors (Lipinski definition) is 5. The highest BCUT2D eigenvalue weighted by Gasteiger charge is 2.21. The first-order valence-corrected chi connectivity index (χ1v) is 5.09. The quantitative estimate of drug-likeness (QED) is 0.807. The highest BCUT2D eigenvalue weighted by atomic mass is 16.5. The Hall–Kier alpha value is -2.08. The minimum Gasteiger partial charge on any atom is -0.495 e. The predicted octanol–water partition coefficient (Wildman–Crippen LogP) is 0.488. The van der Waals surface area contributed by atoms with Crippen LogP contribution in [-0.2, 0) is 7.05 Å². The Bertz CT molecular complexity index is 524. The van der Waals surface area contributed by atoms with Gasteiger partial charge in [-0.1, -0.05) is 0 Å². The minimum absolute atomic E-state index is 0.408. The van der Waals surface area contributed by atoms with Crippen LogP contribution in [0, 0.1) is 0 Å². The molecule has 2 heterocycles. The van der Waals surface area contributed by atoms with Gasteiger partial charge >= 0.3 is 0 Å². The predicted molar refractivity (Wildman–Crippen MR) is 62.5 cm³/mol. The van der Waals surface area contributed by atoms with Crippen molar-refractivity contribution in [3.05, 3.63) is 35.8 Å². The van der Waals surface area contributed by atoms with Gasteiger partial charge < -0.3 is 15.6 Å². The molecule has 0 aromatic carbocycles. The van der Waals surface area contributed by atoms with Crippen molar-refractivity contribution in [1.82, 2.24) is 14.8 Å². The van der Waals surface area contributed by atoms with Gasteiger partial charge in [-0.3, -0.25) is 9.67 Å². The zero-order valence-corrected chi connectivity index (χ0v) is 9.66. The Balaban J connectivity index is 2.43. The summed E-state index contributed by atoms with van der Waals surface area (Å²) in [6, 6.07) is 3.47. The molecule has 0 spiro atoms. The van der Waals surface area contributed by atoms with Crippen LogP contribution in [0.3, 0.4) is 0 Å². The number of nitrogens with zero attached hydrogens (tertiary/aromatic N) is 3. The lowest BCUT2D eigenvalue weighted by molar-refractivity contribution is 0.210. The van der Waals surface area contributed by atoms with Gasteiger partial charge in [0.2, 0.25) is 0 Å². The van der Waals surface area contributed by atoms with Gasteiger partial charge in [-0.05, 0) is 12.1 Å². The third-order valence-electron chi connectivity index (χ3n) is 2.59. The molecule has 6 heteroatoms. The first-order chi connectivity index (χ1) is 8.15. The summed E-state index contributed by atoms with van der Waals surface area (Å²) in [5, 5.41) is 14.2. The Morgan fingerprint density at radius 3 is 2.88 bits per heavy atom. The summed E-state index contributed by atoms with van der Waals surface area (Å²) in [7, 11) is 3.24. The highest BCUT2D eigenvalue weighted by Crippen LogP contribution is 2.30. The first kappa shape index (κ1) is 11.4. The zero-order valence-electron chi connectivity index (χ0n) is 9.66. The third-order valence-corrected chi connectivity index (χ3v) is 2.59. The van der Waals surface area contributed by atoms with E-state index < -0.39 is 6.10 Å². The fourth-order valence-corrected chi connectivity index (χ4v) is 1.60. The number of pyridine rings is 1. The molecule has 2 aromatic rings. The monoisotopic (exact) mass is 234 g/mol. The number of methoxy groups -OCH3 is 1. The van der Waals surface area contributed by atoms with Crippen LogP contribution in [0.25, 0.3) is 0 Å². The molecule has 3 N–H and O–H groups in total. The molecule has 1 unspecified atom stereocenters. The second-order valence-electron chi connectivity index (χ2n) is 3.60.